The predicted octanol–water partition coefficient (Wildman–Crippen LogP) is 3.89. The van der Waals surface area contributed by atoms with E-state index in [1.54, 1.807) is 43.5 Å². The van der Waals surface area contributed by atoms with Gasteiger partial charge in [-0.15, -0.1) is 0 Å². The maximum absolute atomic E-state index is 12.4. The Bertz CT molecular complexity index is 591. The molecule has 18 heavy (non-hydrogen) atoms. The van der Waals surface area contributed by atoms with E-state index in [1.165, 1.54) is 0 Å². The van der Waals surface area contributed by atoms with Crippen LogP contribution in [-0.2, 0) is 0 Å². The largest absolute Gasteiger partial charge is 0.497 e. The first-order valence-electron chi connectivity index (χ1n) is 5.57. The lowest BCUT2D eigenvalue weighted by atomic mass is 9.99. The second-order valence-electron chi connectivity index (χ2n) is 3.97. The number of rotatable bonds is 3. The minimum atomic E-state index is -0.0473. The average Bonchev–Trinajstić information content (AvgIpc) is 2.41. The number of halogens is 1. The van der Waals surface area contributed by atoms with E-state index in [9.17, 15) is 4.79 Å². The van der Waals surface area contributed by atoms with Gasteiger partial charge in [0.1, 0.15) is 5.75 Å². The van der Waals surface area contributed by atoms with Gasteiger partial charge in [0.25, 0.3) is 0 Å². The Hall–Kier alpha value is -1.80. The fourth-order valence-electron chi connectivity index (χ4n) is 1.77. The standard InChI is InChI=1S/C15H13ClO2/c1-10-13(7-4-8-14(10)16)15(17)11-5-3-6-12(9-11)18-2/h3-9H,1-2H3. The molecule has 0 atom stereocenters. The third-order valence-electron chi connectivity index (χ3n) is 2.84. The summed E-state index contributed by atoms with van der Waals surface area (Å²) >= 11 is 6.03. The van der Waals surface area contributed by atoms with Crippen molar-refractivity contribution in [2.24, 2.45) is 0 Å². The highest BCUT2D eigenvalue weighted by Gasteiger charge is 2.13. The molecule has 2 aromatic carbocycles. The van der Waals surface area contributed by atoms with Crippen LogP contribution in [0.2, 0.25) is 5.02 Å². The van der Waals surface area contributed by atoms with E-state index in [4.69, 9.17) is 16.3 Å². The first-order chi connectivity index (χ1) is 8.63. The molecular formula is C15H13ClO2. The van der Waals surface area contributed by atoms with Crippen LogP contribution in [0.5, 0.6) is 5.75 Å². The van der Waals surface area contributed by atoms with Crippen LogP contribution >= 0.6 is 11.6 Å². The zero-order valence-corrected chi connectivity index (χ0v) is 11.0. The number of carbonyl (C=O) groups is 1. The van der Waals surface area contributed by atoms with Crippen molar-refractivity contribution in [3.63, 3.8) is 0 Å². The van der Waals surface area contributed by atoms with Gasteiger partial charge in [0.05, 0.1) is 7.11 Å². The normalized spacial score (nSPS) is 10.2. The molecule has 2 aromatic rings. The Kier molecular flexibility index (Phi) is 3.68. The van der Waals surface area contributed by atoms with Crippen molar-refractivity contribution in [3.05, 3.63) is 64.2 Å². The molecular weight excluding hydrogens is 248 g/mol. The summed E-state index contributed by atoms with van der Waals surface area (Å²) in [7, 11) is 1.58. The molecule has 0 aliphatic rings. The highest BCUT2D eigenvalue weighted by atomic mass is 35.5. The van der Waals surface area contributed by atoms with Crippen LogP contribution in [0.4, 0.5) is 0 Å². The molecule has 92 valence electrons. The molecule has 0 fully saturated rings. The van der Waals surface area contributed by atoms with Crippen LogP contribution in [0.25, 0.3) is 0 Å². The Balaban J connectivity index is 2.44. The van der Waals surface area contributed by atoms with E-state index >= 15 is 0 Å². The van der Waals surface area contributed by atoms with Gasteiger partial charge in [0.15, 0.2) is 5.78 Å². The minimum Gasteiger partial charge on any atom is -0.497 e. The number of ether oxygens (including phenoxy) is 1. The molecule has 0 aliphatic heterocycles. The van der Waals surface area contributed by atoms with Crippen molar-refractivity contribution in [3.8, 4) is 5.75 Å². The minimum absolute atomic E-state index is 0.0473. The molecule has 0 saturated heterocycles. The number of hydrogen-bond acceptors (Lipinski definition) is 2. The highest BCUT2D eigenvalue weighted by Crippen LogP contribution is 2.22. The summed E-state index contributed by atoms with van der Waals surface area (Å²) in [6.07, 6.45) is 0. The molecule has 3 heteroatoms. The molecule has 0 unspecified atom stereocenters. The molecule has 0 saturated carbocycles. The lowest BCUT2D eigenvalue weighted by Gasteiger charge is -2.07. The molecule has 0 radical (unpaired) electrons. The molecule has 0 heterocycles. The quantitative estimate of drug-likeness (QED) is 0.783. The van der Waals surface area contributed by atoms with Gasteiger partial charge in [-0.2, -0.15) is 0 Å². The van der Waals surface area contributed by atoms with Gasteiger partial charge in [-0.3, -0.25) is 4.79 Å². The number of benzene rings is 2. The highest BCUT2D eigenvalue weighted by molar-refractivity contribution is 6.32. The van der Waals surface area contributed by atoms with E-state index in [0.717, 1.165) is 5.56 Å². The molecule has 0 aliphatic carbocycles. The maximum Gasteiger partial charge on any atom is 0.193 e. The second kappa shape index (κ2) is 5.23. The number of ketones is 1. The SMILES string of the molecule is COc1cccc(C(=O)c2cccc(Cl)c2C)c1. The summed E-state index contributed by atoms with van der Waals surface area (Å²) in [6.45, 7) is 1.84. The van der Waals surface area contributed by atoms with Crippen molar-refractivity contribution >= 4 is 17.4 Å². The van der Waals surface area contributed by atoms with Crippen LogP contribution in [0.3, 0.4) is 0 Å². The predicted molar refractivity (Wildman–Crippen MR) is 72.6 cm³/mol. The molecule has 0 aromatic heterocycles. The van der Waals surface area contributed by atoms with Crippen molar-refractivity contribution in [2.75, 3.05) is 7.11 Å². The zero-order valence-electron chi connectivity index (χ0n) is 10.2. The summed E-state index contributed by atoms with van der Waals surface area (Å²) in [5.74, 6) is 0.620. The molecule has 0 spiro atoms. The van der Waals surface area contributed by atoms with E-state index < -0.39 is 0 Å². The first-order valence-corrected chi connectivity index (χ1v) is 5.95. The van der Waals surface area contributed by atoms with Crippen LogP contribution in [0.15, 0.2) is 42.5 Å². The van der Waals surface area contributed by atoms with Gasteiger partial charge in [-0.25, -0.2) is 0 Å². The summed E-state index contributed by atoms with van der Waals surface area (Å²) < 4.78 is 5.12. The molecule has 0 bridgehead atoms. The van der Waals surface area contributed by atoms with E-state index in [1.807, 2.05) is 13.0 Å². The Labute approximate surface area is 111 Å². The van der Waals surface area contributed by atoms with Gasteiger partial charge < -0.3 is 4.74 Å². The van der Waals surface area contributed by atoms with Gasteiger partial charge in [0.2, 0.25) is 0 Å². The fourth-order valence-corrected chi connectivity index (χ4v) is 1.95. The zero-order chi connectivity index (χ0) is 13.1. The molecule has 0 amide bonds. The van der Waals surface area contributed by atoms with Crippen LogP contribution < -0.4 is 4.74 Å². The first kappa shape index (κ1) is 12.7. The summed E-state index contributed by atoms with van der Waals surface area (Å²) in [6, 6.07) is 12.4. The molecule has 2 rings (SSSR count). The third-order valence-corrected chi connectivity index (χ3v) is 3.25. The summed E-state index contributed by atoms with van der Waals surface area (Å²) in [4.78, 5) is 12.4. The van der Waals surface area contributed by atoms with Gasteiger partial charge >= 0.3 is 0 Å². The van der Waals surface area contributed by atoms with E-state index in [2.05, 4.69) is 0 Å². The Morgan fingerprint density at radius 3 is 2.61 bits per heavy atom. The van der Waals surface area contributed by atoms with Crippen LogP contribution in [0, 0.1) is 6.92 Å². The van der Waals surface area contributed by atoms with Gasteiger partial charge in [-0.05, 0) is 30.7 Å². The monoisotopic (exact) mass is 260 g/mol. The number of hydrogen-bond donors (Lipinski definition) is 0. The fraction of sp³-hybridized carbons (Fsp3) is 0.133. The lowest BCUT2D eigenvalue weighted by Crippen LogP contribution is -2.04. The topological polar surface area (TPSA) is 26.3 Å². The van der Waals surface area contributed by atoms with Crippen molar-refractivity contribution in [1.29, 1.82) is 0 Å². The molecule has 0 N–H and O–H groups in total. The lowest BCUT2D eigenvalue weighted by molar-refractivity contribution is 0.103. The maximum atomic E-state index is 12.4. The average molecular weight is 261 g/mol. The van der Waals surface area contributed by atoms with Crippen LogP contribution in [0.1, 0.15) is 21.5 Å². The third kappa shape index (κ3) is 2.39. The number of carbonyl (C=O) groups excluding carboxylic acids is 1. The van der Waals surface area contributed by atoms with Crippen molar-refractivity contribution < 1.29 is 9.53 Å². The van der Waals surface area contributed by atoms with Crippen molar-refractivity contribution in [1.82, 2.24) is 0 Å². The van der Waals surface area contributed by atoms with Crippen molar-refractivity contribution in [2.45, 2.75) is 6.92 Å². The smallest absolute Gasteiger partial charge is 0.193 e. The van der Waals surface area contributed by atoms with Gasteiger partial charge in [-0.1, -0.05) is 35.9 Å². The van der Waals surface area contributed by atoms with Gasteiger partial charge in [0, 0.05) is 16.1 Å². The molecule has 2 nitrogen and oxygen atoms in total. The second-order valence-corrected chi connectivity index (χ2v) is 4.38. The summed E-state index contributed by atoms with van der Waals surface area (Å²) in [5.41, 5.74) is 2.02. The Morgan fingerprint density at radius 2 is 1.89 bits per heavy atom. The van der Waals surface area contributed by atoms with Crippen LogP contribution in [-0.4, -0.2) is 12.9 Å². The summed E-state index contributed by atoms with van der Waals surface area (Å²) in [5, 5.41) is 0.601. The van der Waals surface area contributed by atoms with E-state index in [-0.39, 0.29) is 5.78 Å². The number of methoxy groups -OCH3 is 1. The Morgan fingerprint density at radius 1 is 1.17 bits per heavy atom. The van der Waals surface area contributed by atoms with E-state index in [0.29, 0.717) is 21.9 Å².